The standard InChI is InChI=1S/C17H15N5O2/c1-11(23)20-15-5-13(12-3-4-24-10-12)9-22-16(7-18-17(15)22)14-6-19-21(2)8-14/h3-10H,1-2H3,(H,20,23). The van der Waals surface area contributed by atoms with E-state index in [0.29, 0.717) is 11.3 Å². The summed E-state index contributed by atoms with van der Waals surface area (Å²) in [7, 11) is 1.87. The molecular weight excluding hydrogens is 306 g/mol. The summed E-state index contributed by atoms with van der Waals surface area (Å²) in [6, 6.07) is 3.76. The molecule has 0 bridgehead atoms. The molecule has 4 aromatic rings. The highest BCUT2D eigenvalue weighted by Gasteiger charge is 2.14. The molecule has 4 rings (SSSR count). The van der Waals surface area contributed by atoms with Crippen molar-refractivity contribution in [3.8, 4) is 22.4 Å². The topological polar surface area (TPSA) is 77.4 Å². The van der Waals surface area contributed by atoms with Crippen LogP contribution in [-0.2, 0) is 11.8 Å². The highest BCUT2D eigenvalue weighted by Crippen LogP contribution is 2.30. The second-order valence-corrected chi connectivity index (χ2v) is 5.58. The molecule has 0 aliphatic rings. The molecule has 0 radical (unpaired) electrons. The fraction of sp³-hybridized carbons (Fsp3) is 0.118. The maximum absolute atomic E-state index is 11.6. The van der Waals surface area contributed by atoms with E-state index in [1.807, 2.05) is 36.0 Å². The second-order valence-electron chi connectivity index (χ2n) is 5.58. The summed E-state index contributed by atoms with van der Waals surface area (Å²) in [5, 5.41) is 7.06. The van der Waals surface area contributed by atoms with Gasteiger partial charge in [0.05, 0.1) is 36.3 Å². The Balaban J connectivity index is 1.97. The quantitative estimate of drug-likeness (QED) is 0.629. The number of fused-ring (bicyclic) bond motifs is 1. The van der Waals surface area contributed by atoms with Crippen molar-refractivity contribution in [2.24, 2.45) is 7.05 Å². The Labute approximate surface area is 137 Å². The monoisotopic (exact) mass is 321 g/mol. The van der Waals surface area contributed by atoms with Crippen molar-refractivity contribution in [3.05, 3.63) is 49.4 Å². The Morgan fingerprint density at radius 2 is 2.08 bits per heavy atom. The molecule has 7 nitrogen and oxygen atoms in total. The normalized spacial score (nSPS) is 11.1. The molecule has 0 unspecified atom stereocenters. The Morgan fingerprint density at radius 3 is 2.75 bits per heavy atom. The fourth-order valence-corrected chi connectivity index (χ4v) is 2.72. The van der Waals surface area contributed by atoms with Gasteiger partial charge in [-0.3, -0.25) is 13.9 Å². The molecule has 0 spiro atoms. The molecule has 0 aliphatic carbocycles. The highest BCUT2D eigenvalue weighted by atomic mass is 16.3. The maximum atomic E-state index is 11.6. The first kappa shape index (κ1) is 14.3. The summed E-state index contributed by atoms with van der Waals surface area (Å²) in [4.78, 5) is 16.0. The average Bonchev–Trinajstić information content (AvgIpc) is 3.25. The average molecular weight is 321 g/mol. The molecule has 0 saturated carbocycles. The van der Waals surface area contributed by atoms with Gasteiger partial charge in [0.25, 0.3) is 0 Å². The van der Waals surface area contributed by atoms with Gasteiger partial charge >= 0.3 is 0 Å². The van der Waals surface area contributed by atoms with Crippen molar-refractivity contribution >= 4 is 17.2 Å². The Bertz CT molecular complexity index is 1030. The number of nitrogens with zero attached hydrogens (tertiary/aromatic N) is 4. The van der Waals surface area contributed by atoms with E-state index in [9.17, 15) is 4.79 Å². The molecule has 0 fully saturated rings. The number of pyridine rings is 1. The molecule has 0 saturated heterocycles. The zero-order valence-electron chi connectivity index (χ0n) is 13.2. The number of furan rings is 1. The number of imidazole rings is 1. The minimum absolute atomic E-state index is 0.146. The second kappa shape index (κ2) is 5.38. The van der Waals surface area contributed by atoms with E-state index in [2.05, 4.69) is 15.4 Å². The molecule has 0 aliphatic heterocycles. The Kier molecular flexibility index (Phi) is 3.19. The molecule has 120 valence electrons. The van der Waals surface area contributed by atoms with Crippen LogP contribution in [0.3, 0.4) is 0 Å². The number of hydrogen-bond donors (Lipinski definition) is 1. The summed E-state index contributed by atoms with van der Waals surface area (Å²) in [5.41, 5.74) is 5.02. The van der Waals surface area contributed by atoms with Gasteiger partial charge in [0.2, 0.25) is 5.91 Å². The summed E-state index contributed by atoms with van der Waals surface area (Å²) >= 11 is 0. The summed E-state index contributed by atoms with van der Waals surface area (Å²) in [5.74, 6) is -0.146. The van der Waals surface area contributed by atoms with Crippen LogP contribution in [0.2, 0.25) is 0 Å². The molecule has 0 aromatic carbocycles. The van der Waals surface area contributed by atoms with Gasteiger partial charge in [0, 0.05) is 43.1 Å². The van der Waals surface area contributed by atoms with E-state index < -0.39 is 0 Å². The van der Waals surface area contributed by atoms with Crippen LogP contribution in [0.4, 0.5) is 5.69 Å². The molecule has 4 heterocycles. The van der Waals surface area contributed by atoms with Crippen molar-refractivity contribution in [3.63, 3.8) is 0 Å². The maximum Gasteiger partial charge on any atom is 0.221 e. The smallest absolute Gasteiger partial charge is 0.221 e. The molecular formula is C17H15N5O2. The van der Waals surface area contributed by atoms with E-state index in [4.69, 9.17) is 4.42 Å². The lowest BCUT2D eigenvalue weighted by atomic mass is 10.1. The third kappa shape index (κ3) is 2.36. The van der Waals surface area contributed by atoms with Gasteiger partial charge in [-0.2, -0.15) is 5.10 Å². The highest BCUT2D eigenvalue weighted by molar-refractivity contribution is 5.94. The van der Waals surface area contributed by atoms with Gasteiger partial charge in [-0.05, 0) is 12.1 Å². The van der Waals surface area contributed by atoms with E-state index in [1.54, 1.807) is 29.6 Å². The van der Waals surface area contributed by atoms with Gasteiger partial charge in [0.1, 0.15) is 0 Å². The summed E-state index contributed by atoms with van der Waals surface area (Å²) < 4.78 is 8.86. The number of carbonyl (C=O) groups excluding carboxylic acids is 1. The van der Waals surface area contributed by atoms with Crippen molar-refractivity contribution in [1.82, 2.24) is 19.2 Å². The van der Waals surface area contributed by atoms with E-state index in [-0.39, 0.29) is 5.91 Å². The third-order valence-corrected chi connectivity index (χ3v) is 3.77. The van der Waals surface area contributed by atoms with Gasteiger partial charge in [-0.1, -0.05) is 0 Å². The van der Waals surface area contributed by atoms with E-state index >= 15 is 0 Å². The number of hydrogen-bond acceptors (Lipinski definition) is 4. The number of aromatic nitrogens is 4. The first-order valence-electron chi connectivity index (χ1n) is 7.42. The number of amides is 1. The third-order valence-electron chi connectivity index (χ3n) is 3.77. The SMILES string of the molecule is CC(=O)Nc1cc(-c2ccoc2)cn2c(-c3cnn(C)c3)cnc12. The van der Waals surface area contributed by atoms with Crippen LogP contribution in [0.15, 0.2) is 53.9 Å². The molecule has 0 atom stereocenters. The Morgan fingerprint density at radius 1 is 1.21 bits per heavy atom. The summed E-state index contributed by atoms with van der Waals surface area (Å²) in [6.45, 7) is 1.48. The number of rotatable bonds is 3. The minimum atomic E-state index is -0.146. The van der Waals surface area contributed by atoms with Crippen LogP contribution in [0.25, 0.3) is 28.0 Å². The van der Waals surface area contributed by atoms with Crippen molar-refractivity contribution in [1.29, 1.82) is 0 Å². The van der Waals surface area contributed by atoms with Crippen LogP contribution in [0.5, 0.6) is 0 Å². The van der Waals surface area contributed by atoms with Crippen molar-refractivity contribution in [2.45, 2.75) is 6.92 Å². The number of carbonyl (C=O) groups is 1. The van der Waals surface area contributed by atoms with Crippen LogP contribution in [0.1, 0.15) is 6.92 Å². The molecule has 1 N–H and O–H groups in total. The lowest BCUT2D eigenvalue weighted by Crippen LogP contribution is -2.07. The van der Waals surface area contributed by atoms with E-state index in [0.717, 1.165) is 22.4 Å². The Hall–Kier alpha value is -3.35. The lowest BCUT2D eigenvalue weighted by Gasteiger charge is -2.09. The van der Waals surface area contributed by atoms with Gasteiger partial charge in [-0.15, -0.1) is 0 Å². The first-order valence-corrected chi connectivity index (χ1v) is 7.42. The zero-order valence-corrected chi connectivity index (χ0v) is 13.2. The van der Waals surface area contributed by atoms with Gasteiger partial charge < -0.3 is 9.73 Å². The van der Waals surface area contributed by atoms with Crippen LogP contribution in [0, 0.1) is 0 Å². The van der Waals surface area contributed by atoms with Gasteiger partial charge in [-0.25, -0.2) is 4.98 Å². The zero-order chi connectivity index (χ0) is 16.7. The minimum Gasteiger partial charge on any atom is -0.472 e. The lowest BCUT2D eigenvalue weighted by molar-refractivity contribution is -0.114. The fourth-order valence-electron chi connectivity index (χ4n) is 2.72. The van der Waals surface area contributed by atoms with Crippen molar-refractivity contribution in [2.75, 3.05) is 5.32 Å². The molecule has 24 heavy (non-hydrogen) atoms. The molecule has 1 amide bonds. The molecule has 4 aromatic heterocycles. The number of aryl methyl sites for hydroxylation is 1. The molecule has 7 heteroatoms. The summed E-state index contributed by atoms with van der Waals surface area (Å²) in [6.07, 6.45) is 10.7. The van der Waals surface area contributed by atoms with Crippen LogP contribution >= 0.6 is 0 Å². The predicted octanol–water partition coefficient (Wildman–Crippen LogP) is 2.95. The van der Waals surface area contributed by atoms with Gasteiger partial charge in [0.15, 0.2) is 5.65 Å². The largest absolute Gasteiger partial charge is 0.472 e. The van der Waals surface area contributed by atoms with Crippen LogP contribution in [-0.4, -0.2) is 25.1 Å². The predicted molar refractivity (Wildman–Crippen MR) is 89.4 cm³/mol. The van der Waals surface area contributed by atoms with Crippen molar-refractivity contribution < 1.29 is 9.21 Å². The van der Waals surface area contributed by atoms with Crippen LogP contribution < -0.4 is 5.32 Å². The number of nitrogens with one attached hydrogen (secondary N) is 1. The first-order chi connectivity index (χ1) is 11.6. The van der Waals surface area contributed by atoms with E-state index in [1.165, 1.54) is 6.92 Å². The number of anilines is 1.